The van der Waals surface area contributed by atoms with Crippen molar-refractivity contribution in [2.45, 2.75) is 20.3 Å². The van der Waals surface area contributed by atoms with Crippen LogP contribution < -0.4 is 5.32 Å². The SMILES string of the molecule is CC1(C)CC1CNc1nc2ccccc2cc1C#N. The number of hydrogen-bond donors (Lipinski definition) is 1. The zero-order chi connectivity index (χ0) is 13.5. The fourth-order valence-electron chi connectivity index (χ4n) is 2.48. The molecule has 1 unspecified atom stereocenters. The zero-order valence-electron chi connectivity index (χ0n) is 11.3. The number of aromatic nitrogens is 1. The highest BCUT2D eigenvalue weighted by Gasteiger charge is 2.45. The molecule has 19 heavy (non-hydrogen) atoms. The van der Waals surface area contributed by atoms with E-state index in [2.05, 4.69) is 30.2 Å². The molecular weight excluding hydrogens is 234 g/mol. The van der Waals surface area contributed by atoms with Gasteiger partial charge < -0.3 is 5.32 Å². The van der Waals surface area contributed by atoms with Gasteiger partial charge in [0.05, 0.1) is 11.1 Å². The number of anilines is 1. The highest BCUT2D eigenvalue weighted by atomic mass is 15.0. The van der Waals surface area contributed by atoms with Crippen LogP contribution in [0.3, 0.4) is 0 Å². The van der Waals surface area contributed by atoms with Gasteiger partial charge in [0.2, 0.25) is 0 Å². The number of fused-ring (bicyclic) bond motifs is 1. The van der Waals surface area contributed by atoms with E-state index in [1.54, 1.807) is 0 Å². The van der Waals surface area contributed by atoms with Crippen molar-refractivity contribution in [2.24, 2.45) is 11.3 Å². The Morgan fingerprint density at radius 2 is 2.16 bits per heavy atom. The lowest BCUT2D eigenvalue weighted by Gasteiger charge is -2.09. The second-order valence-corrected chi connectivity index (χ2v) is 5.96. The topological polar surface area (TPSA) is 48.7 Å². The summed E-state index contributed by atoms with van der Waals surface area (Å²) in [5, 5.41) is 13.6. The van der Waals surface area contributed by atoms with Gasteiger partial charge in [-0.25, -0.2) is 4.98 Å². The molecule has 2 aromatic rings. The second-order valence-electron chi connectivity index (χ2n) is 5.96. The molecule has 1 aromatic carbocycles. The summed E-state index contributed by atoms with van der Waals surface area (Å²) >= 11 is 0. The number of rotatable bonds is 3. The Kier molecular flexibility index (Phi) is 2.67. The van der Waals surface area contributed by atoms with Crippen LogP contribution >= 0.6 is 0 Å². The first-order valence-corrected chi connectivity index (χ1v) is 6.64. The van der Waals surface area contributed by atoms with Crippen LogP contribution in [0.15, 0.2) is 30.3 Å². The molecule has 0 radical (unpaired) electrons. The summed E-state index contributed by atoms with van der Waals surface area (Å²) in [5.41, 5.74) is 1.99. The lowest BCUT2D eigenvalue weighted by atomic mass is 10.1. The van der Waals surface area contributed by atoms with Crippen LogP contribution in [-0.2, 0) is 0 Å². The molecule has 1 N–H and O–H groups in total. The van der Waals surface area contributed by atoms with E-state index in [9.17, 15) is 5.26 Å². The van der Waals surface area contributed by atoms with Crippen LogP contribution in [-0.4, -0.2) is 11.5 Å². The lowest BCUT2D eigenvalue weighted by Crippen LogP contribution is -2.09. The molecule has 3 heteroatoms. The number of para-hydroxylation sites is 1. The highest BCUT2D eigenvalue weighted by molar-refractivity contribution is 5.82. The van der Waals surface area contributed by atoms with Crippen molar-refractivity contribution >= 4 is 16.7 Å². The first kappa shape index (κ1) is 12.0. The fourth-order valence-corrected chi connectivity index (χ4v) is 2.48. The Morgan fingerprint density at radius 1 is 1.42 bits per heavy atom. The van der Waals surface area contributed by atoms with Crippen molar-refractivity contribution in [3.8, 4) is 6.07 Å². The maximum atomic E-state index is 9.23. The molecule has 0 spiro atoms. The maximum Gasteiger partial charge on any atom is 0.144 e. The van der Waals surface area contributed by atoms with E-state index in [4.69, 9.17) is 0 Å². The van der Waals surface area contributed by atoms with Crippen molar-refractivity contribution in [2.75, 3.05) is 11.9 Å². The minimum Gasteiger partial charge on any atom is -0.369 e. The quantitative estimate of drug-likeness (QED) is 0.907. The summed E-state index contributed by atoms with van der Waals surface area (Å²) in [5.74, 6) is 1.40. The molecule has 1 aliphatic carbocycles. The third kappa shape index (κ3) is 2.26. The Bertz CT molecular complexity index is 667. The molecule has 1 aromatic heterocycles. The van der Waals surface area contributed by atoms with Gasteiger partial charge in [-0.3, -0.25) is 0 Å². The first-order chi connectivity index (χ1) is 9.10. The molecule has 1 atom stereocenters. The van der Waals surface area contributed by atoms with Gasteiger partial charge in [-0.05, 0) is 29.9 Å². The summed E-state index contributed by atoms with van der Waals surface area (Å²) in [6.07, 6.45) is 1.25. The van der Waals surface area contributed by atoms with Crippen molar-refractivity contribution < 1.29 is 0 Å². The normalized spacial score (nSPS) is 19.9. The molecule has 0 aliphatic heterocycles. The van der Waals surface area contributed by atoms with E-state index < -0.39 is 0 Å². The predicted octanol–water partition coefficient (Wildman–Crippen LogP) is 3.56. The maximum absolute atomic E-state index is 9.23. The van der Waals surface area contributed by atoms with Crippen molar-refractivity contribution in [1.82, 2.24) is 4.98 Å². The van der Waals surface area contributed by atoms with Gasteiger partial charge in [0.1, 0.15) is 11.9 Å². The number of benzene rings is 1. The minimum absolute atomic E-state index is 0.441. The number of hydrogen-bond acceptors (Lipinski definition) is 3. The molecule has 3 rings (SSSR count). The third-order valence-electron chi connectivity index (χ3n) is 4.08. The fraction of sp³-hybridized carbons (Fsp3) is 0.375. The van der Waals surface area contributed by atoms with Gasteiger partial charge >= 0.3 is 0 Å². The first-order valence-electron chi connectivity index (χ1n) is 6.64. The molecule has 0 bridgehead atoms. The number of nitriles is 1. The number of nitrogens with one attached hydrogen (secondary N) is 1. The Balaban J connectivity index is 1.87. The van der Waals surface area contributed by atoms with E-state index in [1.165, 1.54) is 6.42 Å². The Labute approximate surface area is 113 Å². The molecule has 3 nitrogen and oxygen atoms in total. The monoisotopic (exact) mass is 251 g/mol. The molecule has 0 saturated heterocycles. The summed E-state index contributed by atoms with van der Waals surface area (Å²) < 4.78 is 0. The largest absolute Gasteiger partial charge is 0.369 e. The predicted molar refractivity (Wildman–Crippen MR) is 76.8 cm³/mol. The average molecular weight is 251 g/mol. The zero-order valence-corrected chi connectivity index (χ0v) is 11.3. The Hall–Kier alpha value is -2.08. The molecular formula is C16H17N3. The van der Waals surface area contributed by atoms with E-state index in [0.717, 1.165) is 17.4 Å². The van der Waals surface area contributed by atoms with E-state index in [0.29, 0.717) is 22.7 Å². The molecule has 1 heterocycles. The Morgan fingerprint density at radius 3 is 2.84 bits per heavy atom. The van der Waals surface area contributed by atoms with Crippen LogP contribution in [0.5, 0.6) is 0 Å². The van der Waals surface area contributed by atoms with Crippen LogP contribution in [0.4, 0.5) is 5.82 Å². The van der Waals surface area contributed by atoms with E-state index in [-0.39, 0.29) is 0 Å². The van der Waals surface area contributed by atoms with Gasteiger partial charge in [-0.1, -0.05) is 32.0 Å². The standard InChI is InChI=1S/C16H17N3/c1-16(2)8-13(16)10-18-15-12(9-17)7-11-5-3-4-6-14(11)19-15/h3-7,13H,8,10H2,1-2H3,(H,18,19). The van der Waals surface area contributed by atoms with Crippen LogP contribution in [0.1, 0.15) is 25.8 Å². The van der Waals surface area contributed by atoms with Crippen LogP contribution in [0, 0.1) is 22.7 Å². The summed E-state index contributed by atoms with van der Waals surface area (Å²) in [6, 6.07) is 12.0. The van der Waals surface area contributed by atoms with Crippen LogP contribution in [0.2, 0.25) is 0 Å². The van der Waals surface area contributed by atoms with Gasteiger partial charge in [-0.2, -0.15) is 5.26 Å². The van der Waals surface area contributed by atoms with Crippen LogP contribution in [0.25, 0.3) is 10.9 Å². The third-order valence-corrected chi connectivity index (χ3v) is 4.08. The van der Waals surface area contributed by atoms with Crippen molar-refractivity contribution in [3.05, 3.63) is 35.9 Å². The molecule has 0 amide bonds. The molecule has 1 aliphatic rings. The van der Waals surface area contributed by atoms with Crippen molar-refractivity contribution in [3.63, 3.8) is 0 Å². The summed E-state index contributed by atoms with van der Waals surface area (Å²) in [7, 11) is 0. The van der Waals surface area contributed by atoms with Gasteiger partial charge in [-0.15, -0.1) is 0 Å². The number of nitrogens with zero attached hydrogens (tertiary/aromatic N) is 2. The van der Waals surface area contributed by atoms with Gasteiger partial charge in [0.25, 0.3) is 0 Å². The summed E-state index contributed by atoms with van der Waals surface area (Å²) in [6.45, 7) is 5.45. The minimum atomic E-state index is 0.441. The summed E-state index contributed by atoms with van der Waals surface area (Å²) in [4.78, 5) is 4.56. The molecule has 96 valence electrons. The van der Waals surface area contributed by atoms with Gasteiger partial charge in [0.15, 0.2) is 0 Å². The molecule has 1 fully saturated rings. The smallest absolute Gasteiger partial charge is 0.144 e. The number of pyridine rings is 1. The van der Waals surface area contributed by atoms with E-state index in [1.807, 2.05) is 30.3 Å². The second kappa shape index (κ2) is 4.24. The highest BCUT2D eigenvalue weighted by Crippen LogP contribution is 2.51. The van der Waals surface area contributed by atoms with Crippen molar-refractivity contribution in [1.29, 1.82) is 5.26 Å². The van der Waals surface area contributed by atoms with Gasteiger partial charge in [0, 0.05) is 11.9 Å². The van der Waals surface area contributed by atoms with E-state index >= 15 is 0 Å². The average Bonchev–Trinajstić information content (AvgIpc) is 3.02. The lowest BCUT2D eigenvalue weighted by molar-refractivity contribution is 0.573. The molecule has 1 saturated carbocycles.